The molecule has 27 heavy (non-hydrogen) atoms. The SMILES string of the molecule is COc1ccc(-c2ccccc2)cc1N1C(=O)[C@@H]2C[C@H]1CN2C[C@H](O)CO. The smallest absolute Gasteiger partial charge is 0.244 e. The largest absolute Gasteiger partial charge is 0.495 e. The summed E-state index contributed by atoms with van der Waals surface area (Å²) in [4.78, 5) is 16.9. The minimum Gasteiger partial charge on any atom is -0.495 e. The van der Waals surface area contributed by atoms with Gasteiger partial charge >= 0.3 is 0 Å². The maximum atomic E-state index is 13.0. The molecule has 0 spiro atoms. The number of aliphatic hydroxyl groups excluding tert-OH is 2. The summed E-state index contributed by atoms with van der Waals surface area (Å²) in [6.45, 7) is 0.712. The first kappa shape index (κ1) is 18.0. The van der Waals surface area contributed by atoms with Crippen LogP contribution < -0.4 is 9.64 Å². The molecular weight excluding hydrogens is 344 g/mol. The lowest BCUT2D eigenvalue weighted by atomic mass is 10.0. The molecular formula is C21H24N2O4. The van der Waals surface area contributed by atoms with E-state index in [-0.39, 0.29) is 24.6 Å². The molecule has 142 valence electrons. The lowest BCUT2D eigenvalue weighted by Gasteiger charge is -2.35. The zero-order valence-corrected chi connectivity index (χ0v) is 15.3. The standard InChI is InChI=1S/C21H24N2O4/c1-27-20-8-7-15(14-5-3-2-4-6-14)9-18(20)23-16-10-19(21(23)26)22(11-16)12-17(25)13-24/h2-9,16-17,19,24-25H,10-13H2,1H3/t16-,17-,19-/m0/s1. The Morgan fingerprint density at radius 2 is 1.96 bits per heavy atom. The number of piperazine rings is 1. The molecule has 2 aliphatic rings. The quantitative estimate of drug-likeness (QED) is 0.809. The van der Waals surface area contributed by atoms with Crippen molar-refractivity contribution in [2.24, 2.45) is 0 Å². The second kappa shape index (κ2) is 7.31. The third-order valence-corrected chi connectivity index (χ3v) is 5.47. The van der Waals surface area contributed by atoms with Gasteiger partial charge in [-0.15, -0.1) is 0 Å². The van der Waals surface area contributed by atoms with Crippen LogP contribution in [0.2, 0.25) is 0 Å². The van der Waals surface area contributed by atoms with E-state index in [2.05, 4.69) is 0 Å². The minimum absolute atomic E-state index is 0.0277. The van der Waals surface area contributed by atoms with Crippen molar-refractivity contribution in [1.82, 2.24) is 4.90 Å². The van der Waals surface area contributed by atoms with Gasteiger partial charge in [-0.3, -0.25) is 9.69 Å². The van der Waals surface area contributed by atoms with Gasteiger partial charge in [-0.2, -0.15) is 0 Å². The molecule has 0 radical (unpaired) electrons. The summed E-state index contributed by atoms with van der Waals surface area (Å²) in [6.07, 6.45) is -0.0862. The second-order valence-electron chi connectivity index (χ2n) is 7.16. The molecule has 2 aromatic carbocycles. The molecule has 4 rings (SSSR count). The highest BCUT2D eigenvalue weighted by Crippen LogP contribution is 2.41. The predicted molar refractivity (Wildman–Crippen MR) is 103 cm³/mol. The van der Waals surface area contributed by atoms with Crippen LogP contribution in [0, 0.1) is 0 Å². The van der Waals surface area contributed by atoms with Gasteiger partial charge in [0.05, 0.1) is 37.6 Å². The van der Waals surface area contributed by atoms with E-state index in [9.17, 15) is 9.90 Å². The number of β-amino-alcohol motifs (C(OH)–C–C–N with tert-alkyl or cyclic N) is 1. The molecule has 1 amide bonds. The Morgan fingerprint density at radius 3 is 2.63 bits per heavy atom. The molecule has 0 aromatic heterocycles. The van der Waals surface area contributed by atoms with Crippen molar-refractivity contribution in [3.05, 3.63) is 48.5 Å². The van der Waals surface area contributed by atoms with Crippen molar-refractivity contribution in [3.8, 4) is 16.9 Å². The molecule has 0 aliphatic carbocycles. The molecule has 2 aromatic rings. The number of amides is 1. The Bertz CT molecular complexity index is 826. The summed E-state index contributed by atoms with van der Waals surface area (Å²) in [5, 5.41) is 18.8. The van der Waals surface area contributed by atoms with Gasteiger partial charge in [-0.25, -0.2) is 0 Å². The summed E-state index contributed by atoms with van der Waals surface area (Å²) in [5.74, 6) is 0.706. The van der Waals surface area contributed by atoms with Gasteiger partial charge in [0, 0.05) is 13.1 Å². The van der Waals surface area contributed by atoms with E-state index < -0.39 is 6.10 Å². The molecule has 0 saturated carbocycles. The van der Waals surface area contributed by atoms with Gasteiger partial charge in [-0.05, 0) is 29.7 Å². The summed E-state index contributed by atoms with van der Waals surface area (Å²) in [7, 11) is 1.61. The molecule has 0 unspecified atom stereocenters. The highest BCUT2D eigenvalue weighted by Gasteiger charge is 2.50. The van der Waals surface area contributed by atoms with Gasteiger partial charge in [-0.1, -0.05) is 36.4 Å². The van der Waals surface area contributed by atoms with E-state index >= 15 is 0 Å². The van der Waals surface area contributed by atoms with Crippen molar-refractivity contribution < 1.29 is 19.7 Å². The zero-order chi connectivity index (χ0) is 19.0. The molecule has 3 atom stereocenters. The molecule has 6 nitrogen and oxygen atoms in total. The molecule has 2 aliphatic heterocycles. The summed E-state index contributed by atoms with van der Waals surface area (Å²) in [6, 6.07) is 15.8. The van der Waals surface area contributed by atoms with Crippen LogP contribution >= 0.6 is 0 Å². The van der Waals surface area contributed by atoms with Crippen molar-refractivity contribution in [2.75, 3.05) is 31.7 Å². The third kappa shape index (κ3) is 3.20. The topological polar surface area (TPSA) is 73.2 Å². The van der Waals surface area contributed by atoms with Crippen LogP contribution in [0.5, 0.6) is 5.75 Å². The Labute approximate surface area is 158 Å². The lowest BCUT2D eigenvalue weighted by Crippen LogP contribution is -2.52. The Balaban J connectivity index is 1.63. The second-order valence-corrected chi connectivity index (χ2v) is 7.16. The van der Waals surface area contributed by atoms with Gasteiger partial charge in [0.15, 0.2) is 0 Å². The van der Waals surface area contributed by atoms with E-state index in [0.717, 1.165) is 23.2 Å². The first-order valence-electron chi connectivity index (χ1n) is 9.22. The Morgan fingerprint density at radius 1 is 1.19 bits per heavy atom. The fourth-order valence-electron chi connectivity index (χ4n) is 4.20. The fourth-order valence-corrected chi connectivity index (χ4v) is 4.20. The Hall–Kier alpha value is -2.41. The van der Waals surface area contributed by atoms with Crippen LogP contribution in [0.4, 0.5) is 5.69 Å². The number of ether oxygens (including phenoxy) is 1. The summed E-state index contributed by atoms with van der Waals surface area (Å²) < 4.78 is 5.53. The Kier molecular flexibility index (Phi) is 4.86. The van der Waals surface area contributed by atoms with Crippen LogP contribution in [0.1, 0.15) is 6.42 Å². The highest BCUT2D eigenvalue weighted by atomic mass is 16.5. The lowest BCUT2D eigenvalue weighted by molar-refractivity contribution is -0.123. The van der Waals surface area contributed by atoms with Crippen LogP contribution in [0.25, 0.3) is 11.1 Å². The van der Waals surface area contributed by atoms with Gasteiger partial charge in [0.2, 0.25) is 5.91 Å². The number of anilines is 1. The minimum atomic E-state index is -0.818. The number of carbonyl (C=O) groups is 1. The number of carbonyl (C=O) groups excluding carboxylic acids is 1. The average Bonchev–Trinajstić information content (AvgIpc) is 3.25. The third-order valence-electron chi connectivity index (χ3n) is 5.47. The number of likely N-dealkylation sites (tertiary alicyclic amines) is 1. The number of rotatable bonds is 6. The predicted octanol–water partition coefficient (Wildman–Crippen LogP) is 1.50. The van der Waals surface area contributed by atoms with Crippen molar-refractivity contribution >= 4 is 11.6 Å². The maximum absolute atomic E-state index is 13.0. The van der Waals surface area contributed by atoms with Crippen molar-refractivity contribution in [1.29, 1.82) is 0 Å². The molecule has 2 N–H and O–H groups in total. The first-order valence-corrected chi connectivity index (χ1v) is 9.22. The fraction of sp³-hybridized carbons (Fsp3) is 0.381. The van der Waals surface area contributed by atoms with E-state index in [1.807, 2.05) is 58.3 Å². The highest BCUT2D eigenvalue weighted by molar-refractivity contribution is 6.03. The van der Waals surface area contributed by atoms with Crippen LogP contribution in [-0.4, -0.2) is 66.0 Å². The normalized spacial score (nSPS) is 23.1. The number of methoxy groups -OCH3 is 1. The molecule has 6 heteroatoms. The summed E-state index contributed by atoms with van der Waals surface area (Å²) >= 11 is 0. The van der Waals surface area contributed by atoms with Crippen LogP contribution in [0.15, 0.2) is 48.5 Å². The number of nitrogens with zero attached hydrogens (tertiary/aromatic N) is 2. The zero-order valence-electron chi connectivity index (χ0n) is 15.3. The number of hydrogen-bond donors (Lipinski definition) is 2. The molecule has 2 bridgehead atoms. The number of aliphatic hydroxyl groups is 2. The molecule has 2 heterocycles. The average molecular weight is 368 g/mol. The van der Waals surface area contributed by atoms with E-state index in [1.54, 1.807) is 7.11 Å². The van der Waals surface area contributed by atoms with Gasteiger partial charge in [0.25, 0.3) is 0 Å². The van der Waals surface area contributed by atoms with Crippen LogP contribution in [0.3, 0.4) is 0 Å². The first-order chi connectivity index (χ1) is 13.1. The van der Waals surface area contributed by atoms with E-state index in [1.165, 1.54) is 0 Å². The van der Waals surface area contributed by atoms with Gasteiger partial charge in [0.1, 0.15) is 5.75 Å². The van der Waals surface area contributed by atoms with E-state index in [0.29, 0.717) is 18.8 Å². The number of benzene rings is 2. The van der Waals surface area contributed by atoms with Crippen molar-refractivity contribution in [3.63, 3.8) is 0 Å². The molecule has 2 fully saturated rings. The number of fused-ring (bicyclic) bond motifs is 2. The monoisotopic (exact) mass is 368 g/mol. The maximum Gasteiger partial charge on any atom is 0.244 e. The van der Waals surface area contributed by atoms with Crippen LogP contribution in [-0.2, 0) is 4.79 Å². The number of hydrogen-bond acceptors (Lipinski definition) is 5. The van der Waals surface area contributed by atoms with E-state index in [4.69, 9.17) is 9.84 Å². The van der Waals surface area contributed by atoms with Gasteiger partial charge < -0.3 is 19.8 Å². The molecule has 2 saturated heterocycles. The summed E-state index contributed by atoms with van der Waals surface area (Å²) in [5.41, 5.74) is 2.92. The van der Waals surface area contributed by atoms with Crippen molar-refractivity contribution in [2.45, 2.75) is 24.6 Å².